The molecule has 2 aliphatic heterocycles. The van der Waals surface area contributed by atoms with Crippen molar-refractivity contribution in [3.05, 3.63) is 66.2 Å². The summed E-state index contributed by atoms with van der Waals surface area (Å²) < 4.78 is 10.7. The van der Waals surface area contributed by atoms with Crippen LogP contribution in [0.4, 0.5) is 10.5 Å². The van der Waals surface area contributed by atoms with Crippen molar-refractivity contribution in [1.82, 2.24) is 10.6 Å². The van der Waals surface area contributed by atoms with E-state index in [0.717, 1.165) is 22.0 Å². The number of nitrogens with zero attached hydrogens (tertiary/aromatic N) is 1. The van der Waals surface area contributed by atoms with Gasteiger partial charge >= 0.3 is 6.03 Å². The highest BCUT2D eigenvalue weighted by atomic mass is 16.7. The smallest absolute Gasteiger partial charge is 0.315 e. The first-order valence-electron chi connectivity index (χ1n) is 10.4. The average Bonchev–Trinajstić information content (AvgIpc) is 3.41. The minimum atomic E-state index is -0.234. The molecule has 7 heteroatoms. The van der Waals surface area contributed by atoms with Crippen LogP contribution in [0.3, 0.4) is 0 Å². The molecule has 31 heavy (non-hydrogen) atoms. The summed E-state index contributed by atoms with van der Waals surface area (Å²) in [5.74, 6) is 1.44. The molecule has 0 saturated carbocycles. The second-order valence-electron chi connectivity index (χ2n) is 7.81. The van der Waals surface area contributed by atoms with Crippen molar-refractivity contribution in [3.63, 3.8) is 0 Å². The van der Waals surface area contributed by atoms with Crippen LogP contribution in [0.5, 0.6) is 11.5 Å². The van der Waals surface area contributed by atoms with Crippen molar-refractivity contribution in [2.45, 2.75) is 13.0 Å². The number of ether oxygens (including phenoxy) is 2. The lowest BCUT2D eigenvalue weighted by Crippen LogP contribution is -2.38. The lowest BCUT2D eigenvalue weighted by atomic mass is 10.0. The Kier molecular flexibility index (Phi) is 5.08. The summed E-state index contributed by atoms with van der Waals surface area (Å²) in [5, 5.41) is 8.10. The Hall–Kier alpha value is -3.74. The zero-order valence-corrected chi connectivity index (χ0v) is 17.0. The SMILES string of the molecule is O=C(NCc1cccc2ccccc12)NCC1CC(=O)N(c2ccc3c(c2)OCO3)C1. The fraction of sp³-hybridized carbons (Fsp3) is 0.250. The highest BCUT2D eigenvalue weighted by Gasteiger charge is 2.31. The zero-order chi connectivity index (χ0) is 21.2. The Morgan fingerprint density at radius 2 is 1.84 bits per heavy atom. The maximum atomic E-state index is 12.5. The van der Waals surface area contributed by atoms with Crippen molar-refractivity contribution in [1.29, 1.82) is 0 Å². The van der Waals surface area contributed by atoms with Crippen LogP contribution in [0.25, 0.3) is 10.8 Å². The predicted octanol–water partition coefficient (Wildman–Crippen LogP) is 3.42. The van der Waals surface area contributed by atoms with E-state index in [1.165, 1.54) is 0 Å². The van der Waals surface area contributed by atoms with Gasteiger partial charge in [0, 0.05) is 43.7 Å². The largest absolute Gasteiger partial charge is 0.454 e. The van der Waals surface area contributed by atoms with Crippen LogP contribution >= 0.6 is 0 Å². The summed E-state index contributed by atoms with van der Waals surface area (Å²) >= 11 is 0. The zero-order valence-electron chi connectivity index (χ0n) is 17.0. The number of amides is 3. The average molecular weight is 417 g/mol. The van der Waals surface area contributed by atoms with Crippen molar-refractivity contribution in [3.8, 4) is 11.5 Å². The van der Waals surface area contributed by atoms with Gasteiger partial charge in [-0.3, -0.25) is 4.79 Å². The molecule has 2 N–H and O–H groups in total. The van der Waals surface area contributed by atoms with E-state index in [0.29, 0.717) is 37.6 Å². The molecule has 3 amide bonds. The molecule has 0 aliphatic carbocycles. The standard InChI is InChI=1S/C24H23N3O4/c28-23-10-16(14-27(23)19-8-9-21-22(11-19)31-15-30-21)12-25-24(29)26-13-18-6-3-5-17-4-1-2-7-20(17)18/h1-9,11,16H,10,12-15H2,(H2,25,26,29). The lowest BCUT2D eigenvalue weighted by Gasteiger charge is -2.17. The maximum Gasteiger partial charge on any atom is 0.315 e. The summed E-state index contributed by atoms with van der Waals surface area (Å²) in [6, 6.07) is 19.4. The summed E-state index contributed by atoms with van der Waals surface area (Å²) in [6.45, 7) is 1.64. The molecule has 158 valence electrons. The summed E-state index contributed by atoms with van der Waals surface area (Å²) in [4.78, 5) is 26.5. The van der Waals surface area contributed by atoms with Crippen molar-refractivity contribution in [2.24, 2.45) is 5.92 Å². The Morgan fingerprint density at radius 1 is 1.00 bits per heavy atom. The van der Waals surface area contributed by atoms with Crippen LogP contribution in [0.15, 0.2) is 60.7 Å². The molecule has 7 nitrogen and oxygen atoms in total. The number of hydrogen-bond acceptors (Lipinski definition) is 4. The molecule has 3 aromatic rings. The molecule has 2 heterocycles. The van der Waals surface area contributed by atoms with Gasteiger partial charge in [0.15, 0.2) is 11.5 Å². The molecule has 5 rings (SSSR count). The van der Waals surface area contributed by atoms with E-state index in [1.807, 2.05) is 42.5 Å². The van der Waals surface area contributed by atoms with Crippen LogP contribution in [-0.2, 0) is 11.3 Å². The lowest BCUT2D eigenvalue weighted by molar-refractivity contribution is -0.117. The van der Waals surface area contributed by atoms with Gasteiger partial charge < -0.3 is 25.0 Å². The van der Waals surface area contributed by atoms with E-state index in [1.54, 1.807) is 4.90 Å². The Morgan fingerprint density at radius 3 is 2.77 bits per heavy atom. The van der Waals surface area contributed by atoms with E-state index in [9.17, 15) is 9.59 Å². The third-order valence-electron chi connectivity index (χ3n) is 5.74. The van der Waals surface area contributed by atoms with Crippen LogP contribution in [0.2, 0.25) is 0 Å². The summed E-state index contributed by atoms with van der Waals surface area (Å²) in [7, 11) is 0. The second kappa shape index (κ2) is 8.18. The molecule has 1 fully saturated rings. The maximum absolute atomic E-state index is 12.5. The van der Waals surface area contributed by atoms with E-state index < -0.39 is 0 Å². The second-order valence-corrected chi connectivity index (χ2v) is 7.81. The molecule has 1 unspecified atom stereocenters. The molecule has 3 aromatic carbocycles. The van der Waals surface area contributed by atoms with Gasteiger partial charge in [-0.2, -0.15) is 0 Å². The minimum absolute atomic E-state index is 0.0434. The van der Waals surface area contributed by atoms with Gasteiger partial charge in [0.1, 0.15) is 0 Å². The van der Waals surface area contributed by atoms with Gasteiger partial charge in [0.2, 0.25) is 12.7 Å². The number of benzene rings is 3. The quantitative estimate of drug-likeness (QED) is 0.667. The van der Waals surface area contributed by atoms with Gasteiger partial charge in [-0.15, -0.1) is 0 Å². The van der Waals surface area contributed by atoms with E-state index in [2.05, 4.69) is 28.8 Å². The highest BCUT2D eigenvalue weighted by Crippen LogP contribution is 2.37. The van der Waals surface area contributed by atoms with Crippen molar-refractivity contribution in [2.75, 3.05) is 24.8 Å². The van der Waals surface area contributed by atoms with Crippen LogP contribution in [-0.4, -0.2) is 31.8 Å². The molecule has 0 bridgehead atoms. The predicted molar refractivity (Wildman–Crippen MR) is 117 cm³/mol. The van der Waals surface area contributed by atoms with Crippen LogP contribution < -0.4 is 25.0 Å². The first-order chi connectivity index (χ1) is 15.2. The molecule has 2 aliphatic rings. The Labute approximate surface area is 179 Å². The van der Waals surface area contributed by atoms with Crippen molar-refractivity contribution >= 4 is 28.4 Å². The number of fused-ring (bicyclic) bond motifs is 2. The minimum Gasteiger partial charge on any atom is -0.454 e. The topological polar surface area (TPSA) is 79.9 Å². The molecule has 1 atom stereocenters. The first kappa shape index (κ1) is 19.2. The number of carbonyl (C=O) groups is 2. The van der Waals surface area contributed by atoms with Gasteiger partial charge in [-0.25, -0.2) is 4.79 Å². The number of carbonyl (C=O) groups excluding carboxylic acids is 2. The molecular formula is C24H23N3O4. The van der Waals surface area contributed by atoms with Gasteiger partial charge in [0.25, 0.3) is 0 Å². The van der Waals surface area contributed by atoms with Gasteiger partial charge in [-0.05, 0) is 28.5 Å². The van der Waals surface area contributed by atoms with Crippen molar-refractivity contribution < 1.29 is 19.1 Å². The number of nitrogens with one attached hydrogen (secondary N) is 2. The molecule has 0 spiro atoms. The molecule has 0 radical (unpaired) electrons. The van der Waals surface area contributed by atoms with E-state index in [4.69, 9.17) is 9.47 Å². The fourth-order valence-electron chi connectivity index (χ4n) is 4.14. The molecular weight excluding hydrogens is 394 g/mol. The number of hydrogen-bond donors (Lipinski definition) is 2. The number of anilines is 1. The first-order valence-corrected chi connectivity index (χ1v) is 10.4. The monoisotopic (exact) mass is 417 g/mol. The third-order valence-corrected chi connectivity index (χ3v) is 5.74. The molecule has 0 aromatic heterocycles. The fourth-order valence-corrected chi connectivity index (χ4v) is 4.14. The highest BCUT2D eigenvalue weighted by molar-refractivity contribution is 5.96. The Balaban J connectivity index is 1.14. The van der Waals surface area contributed by atoms with Gasteiger partial charge in [0.05, 0.1) is 0 Å². The number of urea groups is 1. The number of rotatable bonds is 5. The normalized spacial score (nSPS) is 17.2. The third kappa shape index (κ3) is 3.99. The summed E-state index contributed by atoms with van der Waals surface area (Å²) in [5.41, 5.74) is 1.86. The Bertz CT molecular complexity index is 1140. The van der Waals surface area contributed by atoms with E-state index in [-0.39, 0.29) is 24.6 Å². The van der Waals surface area contributed by atoms with Gasteiger partial charge in [-0.1, -0.05) is 42.5 Å². The van der Waals surface area contributed by atoms with Crippen LogP contribution in [0.1, 0.15) is 12.0 Å². The van der Waals surface area contributed by atoms with Crippen LogP contribution in [0, 0.1) is 5.92 Å². The molecule has 1 saturated heterocycles. The van der Waals surface area contributed by atoms with E-state index >= 15 is 0 Å². The summed E-state index contributed by atoms with van der Waals surface area (Å²) in [6.07, 6.45) is 0.401.